The third kappa shape index (κ3) is 3.64. The fourth-order valence-electron chi connectivity index (χ4n) is 2.81. The van der Waals surface area contributed by atoms with Crippen LogP contribution in [-0.2, 0) is 4.79 Å². The van der Waals surface area contributed by atoms with Crippen molar-refractivity contribution >= 4 is 28.9 Å². The number of benzene rings is 1. The largest absolute Gasteiger partial charge is 0.397 e. The molecule has 0 aromatic heterocycles. The first kappa shape index (κ1) is 15.1. The van der Waals surface area contributed by atoms with Crippen LogP contribution in [0, 0.1) is 5.92 Å². The molecule has 1 aromatic carbocycles. The number of rotatable bonds is 4. The van der Waals surface area contributed by atoms with Gasteiger partial charge in [0.05, 0.1) is 17.3 Å². The summed E-state index contributed by atoms with van der Waals surface area (Å²) >= 11 is 5.86. The van der Waals surface area contributed by atoms with Crippen LogP contribution in [0.2, 0.25) is 5.02 Å². The van der Waals surface area contributed by atoms with Crippen LogP contribution in [0.25, 0.3) is 0 Å². The molecule has 110 valence electrons. The van der Waals surface area contributed by atoms with Crippen molar-refractivity contribution in [3.63, 3.8) is 0 Å². The average Bonchev–Trinajstić information content (AvgIpc) is 2.82. The number of likely N-dealkylation sites (tertiary alicyclic amines) is 1. The Hall–Kier alpha value is -1.26. The molecule has 1 aliphatic rings. The van der Waals surface area contributed by atoms with Gasteiger partial charge in [-0.15, -0.1) is 0 Å². The molecule has 1 heterocycles. The number of hydrogen-bond acceptors (Lipinski definition) is 3. The molecule has 0 bridgehead atoms. The molecule has 5 heteroatoms. The number of anilines is 2. The van der Waals surface area contributed by atoms with Crippen molar-refractivity contribution in [1.29, 1.82) is 0 Å². The molecule has 20 heavy (non-hydrogen) atoms. The van der Waals surface area contributed by atoms with Gasteiger partial charge in [0.25, 0.3) is 0 Å². The first-order valence-corrected chi connectivity index (χ1v) is 7.44. The van der Waals surface area contributed by atoms with Gasteiger partial charge in [-0.1, -0.05) is 25.4 Å². The minimum atomic E-state index is -0.000674. The van der Waals surface area contributed by atoms with Crippen molar-refractivity contribution in [1.82, 2.24) is 4.90 Å². The van der Waals surface area contributed by atoms with Crippen LogP contribution in [0.4, 0.5) is 11.4 Å². The number of nitrogen functional groups attached to an aromatic ring is 1. The summed E-state index contributed by atoms with van der Waals surface area (Å²) in [7, 11) is 0. The maximum atomic E-state index is 12.1. The minimum absolute atomic E-state index is 0.000674. The number of halogens is 1. The Morgan fingerprint density at radius 1 is 1.55 bits per heavy atom. The molecule has 0 spiro atoms. The SMILES string of the molecule is CC(C)C1CCCN1CC(=O)Nc1ccc(Cl)c(N)c1. The van der Waals surface area contributed by atoms with Crippen LogP contribution < -0.4 is 11.1 Å². The van der Waals surface area contributed by atoms with Gasteiger partial charge in [-0.25, -0.2) is 0 Å². The highest BCUT2D eigenvalue weighted by molar-refractivity contribution is 6.33. The van der Waals surface area contributed by atoms with Gasteiger partial charge in [-0.3, -0.25) is 9.69 Å². The highest BCUT2D eigenvalue weighted by atomic mass is 35.5. The maximum Gasteiger partial charge on any atom is 0.238 e. The molecule has 1 aromatic rings. The van der Waals surface area contributed by atoms with E-state index in [0.717, 1.165) is 6.54 Å². The Bertz CT molecular complexity index is 490. The van der Waals surface area contributed by atoms with E-state index in [1.54, 1.807) is 18.2 Å². The smallest absolute Gasteiger partial charge is 0.238 e. The zero-order valence-electron chi connectivity index (χ0n) is 12.0. The first-order valence-electron chi connectivity index (χ1n) is 7.06. The lowest BCUT2D eigenvalue weighted by atomic mass is 10.0. The standard InChI is InChI=1S/C15H22ClN3O/c1-10(2)14-4-3-7-19(14)9-15(20)18-11-5-6-12(16)13(17)8-11/h5-6,8,10,14H,3-4,7,9,17H2,1-2H3,(H,18,20). The van der Waals surface area contributed by atoms with Gasteiger partial charge in [-0.2, -0.15) is 0 Å². The monoisotopic (exact) mass is 295 g/mol. The van der Waals surface area contributed by atoms with E-state index in [1.807, 2.05) is 0 Å². The molecule has 1 amide bonds. The normalized spacial score (nSPS) is 19.5. The Kier molecular flexibility index (Phi) is 4.89. The molecule has 1 unspecified atom stereocenters. The van der Waals surface area contributed by atoms with Crippen molar-refractivity contribution in [2.45, 2.75) is 32.7 Å². The average molecular weight is 296 g/mol. The number of nitrogens with two attached hydrogens (primary N) is 1. The van der Waals surface area contributed by atoms with E-state index >= 15 is 0 Å². The molecule has 0 saturated carbocycles. The Morgan fingerprint density at radius 3 is 2.95 bits per heavy atom. The van der Waals surface area contributed by atoms with E-state index in [-0.39, 0.29) is 5.91 Å². The van der Waals surface area contributed by atoms with Gasteiger partial charge >= 0.3 is 0 Å². The molecule has 4 nitrogen and oxygen atoms in total. The summed E-state index contributed by atoms with van der Waals surface area (Å²) in [6, 6.07) is 5.65. The Balaban J connectivity index is 1.93. The molecule has 3 N–H and O–H groups in total. The predicted molar refractivity (Wildman–Crippen MR) is 83.9 cm³/mol. The summed E-state index contributed by atoms with van der Waals surface area (Å²) in [5, 5.41) is 3.38. The van der Waals surface area contributed by atoms with E-state index in [2.05, 4.69) is 24.1 Å². The van der Waals surface area contributed by atoms with Crippen LogP contribution in [0.1, 0.15) is 26.7 Å². The lowest BCUT2D eigenvalue weighted by molar-refractivity contribution is -0.117. The van der Waals surface area contributed by atoms with E-state index < -0.39 is 0 Å². The molecule has 1 atom stereocenters. The summed E-state index contributed by atoms with van der Waals surface area (Å²) in [6.07, 6.45) is 2.35. The number of nitrogens with zero attached hydrogens (tertiary/aromatic N) is 1. The zero-order chi connectivity index (χ0) is 14.7. The van der Waals surface area contributed by atoms with Crippen molar-refractivity contribution < 1.29 is 4.79 Å². The maximum absolute atomic E-state index is 12.1. The highest BCUT2D eigenvalue weighted by Gasteiger charge is 2.28. The Morgan fingerprint density at radius 2 is 2.30 bits per heavy atom. The fourth-order valence-corrected chi connectivity index (χ4v) is 2.93. The number of amides is 1. The summed E-state index contributed by atoms with van der Waals surface area (Å²) in [6.45, 7) is 5.85. The second-order valence-corrected chi connectivity index (χ2v) is 6.12. The van der Waals surface area contributed by atoms with Gasteiger partial charge in [0, 0.05) is 11.7 Å². The fraction of sp³-hybridized carbons (Fsp3) is 0.533. The van der Waals surface area contributed by atoms with Crippen molar-refractivity contribution in [2.24, 2.45) is 5.92 Å². The first-order chi connectivity index (χ1) is 9.47. The quantitative estimate of drug-likeness (QED) is 0.840. The molecule has 1 aliphatic heterocycles. The van der Waals surface area contributed by atoms with Gasteiger partial charge in [0.2, 0.25) is 5.91 Å². The van der Waals surface area contributed by atoms with E-state index in [4.69, 9.17) is 17.3 Å². The van der Waals surface area contributed by atoms with Crippen LogP contribution >= 0.6 is 11.6 Å². The minimum Gasteiger partial charge on any atom is -0.397 e. The van der Waals surface area contributed by atoms with Crippen molar-refractivity contribution in [2.75, 3.05) is 24.1 Å². The molecule has 1 fully saturated rings. The van der Waals surface area contributed by atoms with Crippen LogP contribution in [0.5, 0.6) is 0 Å². The van der Waals surface area contributed by atoms with Crippen molar-refractivity contribution in [3.8, 4) is 0 Å². The third-order valence-electron chi connectivity index (χ3n) is 3.81. The summed E-state index contributed by atoms with van der Waals surface area (Å²) in [4.78, 5) is 14.4. The number of nitrogens with one attached hydrogen (secondary N) is 1. The lowest BCUT2D eigenvalue weighted by Crippen LogP contribution is -2.39. The molecular weight excluding hydrogens is 274 g/mol. The van der Waals surface area contributed by atoms with Crippen LogP contribution in [0.15, 0.2) is 18.2 Å². The third-order valence-corrected chi connectivity index (χ3v) is 4.15. The summed E-state index contributed by atoms with van der Waals surface area (Å²) in [5.74, 6) is 0.579. The Labute approximate surface area is 125 Å². The topological polar surface area (TPSA) is 58.4 Å². The van der Waals surface area contributed by atoms with Crippen LogP contribution in [0.3, 0.4) is 0 Å². The highest BCUT2D eigenvalue weighted by Crippen LogP contribution is 2.24. The zero-order valence-corrected chi connectivity index (χ0v) is 12.8. The molecule has 2 rings (SSSR count). The molecular formula is C15H22ClN3O. The second kappa shape index (κ2) is 6.46. The van der Waals surface area contributed by atoms with Gasteiger partial charge in [-0.05, 0) is 43.5 Å². The van der Waals surface area contributed by atoms with Crippen molar-refractivity contribution in [3.05, 3.63) is 23.2 Å². The van der Waals surface area contributed by atoms with Crippen LogP contribution in [-0.4, -0.2) is 29.9 Å². The summed E-state index contributed by atoms with van der Waals surface area (Å²) in [5.41, 5.74) is 6.90. The van der Waals surface area contributed by atoms with E-state index in [1.165, 1.54) is 12.8 Å². The number of hydrogen-bond donors (Lipinski definition) is 2. The second-order valence-electron chi connectivity index (χ2n) is 5.71. The molecule has 0 aliphatic carbocycles. The molecule has 1 saturated heterocycles. The number of carbonyl (C=O) groups excluding carboxylic acids is 1. The van der Waals surface area contributed by atoms with Gasteiger partial charge in [0.1, 0.15) is 0 Å². The van der Waals surface area contributed by atoms with Gasteiger partial charge < -0.3 is 11.1 Å². The number of carbonyl (C=O) groups is 1. The summed E-state index contributed by atoms with van der Waals surface area (Å²) < 4.78 is 0. The van der Waals surface area contributed by atoms with E-state index in [9.17, 15) is 4.79 Å². The lowest BCUT2D eigenvalue weighted by Gasteiger charge is -2.26. The van der Waals surface area contributed by atoms with E-state index in [0.29, 0.717) is 34.9 Å². The predicted octanol–water partition coefficient (Wildman–Crippen LogP) is 2.98. The van der Waals surface area contributed by atoms with Gasteiger partial charge in [0.15, 0.2) is 0 Å². The molecule has 0 radical (unpaired) electrons.